The Hall–Kier alpha value is -1.56. The molecule has 1 aliphatic heterocycles. The minimum absolute atomic E-state index is 0.0763. The first-order valence-corrected chi connectivity index (χ1v) is 6.48. The van der Waals surface area contributed by atoms with E-state index in [1.54, 1.807) is 23.4 Å². The van der Waals surface area contributed by atoms with Gasteiger partial charge in [0, 0.05) is 20.0 Å². The standard InChI is InChI=1S/C12H12BrN3O2/c1-15-7-14-8-4-5-16(6-9(8)15)12(17)10-2-3-11(13)18-10/h2-3,7H,4-6H2,1H3. The van der Waals surface area contributed by atoms with E-state index in [1.807, 2.05) is 11.6 Å². The van der Waals surface area contributed by atoms with Gasteiger partial charge in [0.1, 0.15) is 0 Å². The van der Waals surface area contributed by atoms with Crippen molar-refractivity contribution in [1.29, 1.82) is 0 Å². The SMILES string of the molecule is Cn1cnc2c1CN(C(=O)c1ccc(Br)o1)CC2. The predicted octanol–water partition coefficient (Wildman–Crippen LogP) is 1.97. The Labute approximate surface area is 113 Å². The number of aryl methyl sites for hydroxylation is 1. The fourth-order valence-electron chi connectivity index (χ4n) is 2.17. The summed E-state index contributed by atoms with van der Waals surface area (Å²) in [5.41, 5.74) is 2.18. The fourth-order valence-corrected chi connectivity index (χ4v) is 2.48. The maximum absolute atomic E-state index is 12.2. The number of carbonyl (C=O) groups is 1. The van der Waals surface area contributed by atoms with Crippen LogP contribution in [0, 0.1) is 0 Å². The zero-order valence-electron chi connectivity index (χ0n) is 9.89. The van der Waals surface area contributed by atoms with Crippen LogP contribution < -0.4 is 0 Å². The largest absolute Gasteiger partial charge is 0.444 e. The first-order valence-electron chi connectivity index (χ1n) is 5.69. The second-order valence-electron chi connectivity index (χ2n) is 4.33. The summed E-state index contributed by atoms with van der Waals surface area (Å²) in [5.74, 6) is 0.292. The zero-order valence-corrected chi connectivity index (χ0v) is 11.5. The summed E-state index contributed by atoms with van der Waals surface area (Å²) in [5, 5.41) is 0. The van der Waals surface area contributed by atoms with Gasteiger partial charge in [-0.3, -0.25) is 4.79 Å². The van der Waals surface area contributed by atoms with Crippen LogP contribution in [0.5, 0.6) is 0 Å². The van der Waals surface area contributed by atoms with Gasteiger partial charge in [-0.2, -0.15) is 0 Å². The predicted molar refractivity (Wildman–Crippen MR) is 68.1 cm³/mol. The quantitative estimate of drug-likeness (QED) is 0.809. The van der Waals surface area contributed by atoms with Crippen molar-refractivity contribution < 1.29 is 9.21 Å². The van der Waals surface area contributed by atoms with Crippen LogP contribution >= 0.6 is 15.9 Å². The summed E-state index contributed by atoms with van der Waals surface area (Å²) in [7, 11) is 1.95. The van der Waals surface area contributed by atoms with Gasteiger partial charge in [-0.15, -0.1) is 0 Å². The van der Waals surface area contributed by atoms with Crippen molar-refractivity contribution in [3.8, 4) is 0 Å². The van der Waals surface area contributed by atoms with Crippen LogP contribution in [0.4, 0.5) is 0 Å². The molecule has 0 bridgehead atoms. The molecule has 3 heterocycles. The topological polar surface area (TPSA) is 51.3 Å². The lowest BCUT2D eigenvalue weighted by atomic mass is 10.1. The number of hydrogen-bond donors (Lipinski definition) is 0. The maximum Gasteiger partial charge on any atom is 0.289 e. The van der Waals surface area contributed by atoms with Crippen LogP contribution in [0.1, 0.15) is 21.9 Å². The summed E-state index contributed by atoms with van der Waals surface area (Å²) in [6, 6.07) is 3.41. The molecule has 3 rings (SSSR count). The normalized spacial score (nSPS) is 14.7. The Morgan fingerprint density at radius 3 is 3.06 bits per heavy atom. The van der Waals surface area contributed by atoms with Gasteiger partial charge in [-0.1, -0.05) is 0 Å². The Kier molecular flexibility index (Phi) is 2.74. The third kappa shape index (κ3) is 1.86. The number of carbonyl (C=O) groups excluding carboxylic acids is 1. The minimum Gasteiger partial charge on any atom is -0.444 e. The molecule has 0 aromatic carbocycles. The molecule has 1 aliphatic rings. The second-order valence-corrected chi connectivity index (χ2v) is 5.11. The van der Waals surface area contributed by atoms with E-state index in [2.05, 4.69) is 20.9 Å². The molecule has 0 spiro atoms. The number of imidazole rings is 1. The third-order valence-corrected chi connectivity index (χ3v) is 3.60. The molecule has 0 radical (unpaired) electrons. The van der Waals surface area contributed by atoms with Crippen molar-refractivity contribution in [2.75, 3.05) is 6.54 Å². The van der Waals surface area contributed by atoms with Gasteiger partial charge < -0.3 is 13.9 Å². The lowest BCUT2D eigenvalue weighted by molar-refractivity contribution is 0.0696. The van der Waals surface area contributed by atoms with Crippen molar-refractivity contribution in [3.63, 3.8) is 0 Å². The molecule has 1 amide bonds. The number of furan rings is 1. The first kappa shape index (κ1) is 11.5. The van der Waals surface area contributed by atoms with Crippen molar-refractivity contribution in [2.45, 2.75) is 13.0 Å². The molecule has 0 saturated carbocycles. The van der Waals surface area contributed by atoms with E-state index < -0.39 is 0 Å². The Morgan fingerprint density at radius 2 is 2.33 bits per heavy atom. The van der Waals surface area contributed by atoms with Gasteiger partial charge in [0.15, 0.2) is 10.4 Å². The van der Waals surface area contributed by atoms with Crippen LogP contribution in [0.15, 0.2) is 27.5 Å². The molecule has 2 aromatic rings. The molecule has 5 nitrogen and oxygen atoms in total. The first-order chi connectivity index (χ1) is 8.65. The van der Waals surface area contributed by atoms with Gasteiger partial charge in [0.05, 0.1) is 24.3 Å². The average Bonchev–Trinajstić information content (AvgIpc) is 2.95. The Balaban J connectivity index is 1.83. The minimum atomic E-state index is -0.0763. The second kappa shape index (κ2) is 4.28. The zero-order chi connectivity index (χ0) is 12.7. The van der Waals surface area contributed by atoms with Gasteiger partial charge in [0.25, 0.3) is 5.91 Å². The summed E-state index contributed by atoms with van der Waals surface area (Å²) in [6.45, 7) is 1.27. The highest BCUT2D eigenvalue weighted by molar-refractivity contribution is 9.10. The summed E-state index contributed by atoms with van der Waals surface area (Å²) >= 11 is 3.20. The van der Waals surface area contributed by atoms with E-state index in [9.17, 15) is 4.79 Å². The summed E-state index contributed by atoms with van der Waals surface area (Å²) in [6.07, 6.45) is 2.59. The lowest BCUT2D eigenvalue weighted by Gasteiger charge is -2.26. The van der Waals surface area contributed by atoms with Crippen LogP contribution in [0.25, 0.3) is 0 Å². The van der Waals surface area contributed by atoms with Crippen LogP contribution in [0.3, 0.4) is 0 Å². The lowest BCUT2D eigenvalue weighted by Crippen LogP contribution is -2.36. The van der Waals surface area contributed by atoms with Crippen molar-refractivity contribution >= 4 is 21.8 Å². The molecule has 0 N–H and O–H groups in total. The van der Waals surface area contributed by atoms with E-state index in [-0.39, 0.29) is 5.91 Å². The highest BCUT2D eigenvalue weighted by atomic mass is 79.9. The van der Waals surface area contributed by atoms with Gasteiger partial charge >= 0.3 is 0 Å². The number of aromatic nitrogens is 2. The van der Waals surface area contributed by atoms with Crippen LogP contribution in [-0.4, -0.2) is 26.9 Å². The molecule has 0 aliphatic carbocycles. The van der Waals surface area contributed by atoms with E-state index in [0.717, 1.165) is 17.8 Å². The van der Waals surface area contributed by atoms with E-state index in [4.69, 9.17) is 4.42 Å². The molecule has 94 valence electrons. The fraction of sp³-hybridized carbons (Fsp3) is 0.333. The molecule has 0 atom stereocenters. The monoisotopic (exact) mass is 309 g/mol. The van der Waals surface area contributed by atoms with Crippen LogP contribution in [-0.2, 0) is 20.0 Å². The van der Waals surface area contributed by atoms with Crippen molar-refractivity contribution in [2.24, 2.45) is 7.05 Å². The van der Waals surface area contributed by atoms with Crippen LogP contribution in [0.2, 0.25) is 0 Å². The third-order valence-electron chi connectivity index (χ3n) is 3.18. The smallest absolute Gasteiger partial charge is 0.289 e. The number of halogens is 1. The number of nitrogens with zero attached hydrogens (tertiary/aromatic N) is 3. The van der Waals surface area contributed by atoms with E-state index in [0.29, 0.717) is 23.5 Å². The number of amides is 1. The van der Waals surface area contributed by atoms with Gasteiger partial charge in [-0.25, -0.2) is 4.98 Å². The van der Waals surface area contributed by atoms with Crippen molar-refractivity contribution in [3.05, 3.63) is 40.3 Å². The Morgan fingerprint density at radius 1 is 1.50 bits per heavy atom. The molecule has 2 aromatic heterocycles. The average molecular weight is 310 g/mol. The van der Waals surface area contributed by atoms with E-state index in [1.165, 1.54) is 0 Å². The molecule has 6 heteroatoms. The number of rotatable bonds is 1. The maximum atomic E-state index is 12.2. The Bertz CT molecular complexity index is 602. The number of fused-ring (bicyclic) bond motifs is 1. The molecule has 18 heavy (non-hydrogen) atoms. The molecule has 0 unspecified atom stereocenters. The molecular formula is C12H12BrN3O2. The van der Waals surface area contributed by atoms with Gasteiger partial charge in [-0.05, 0) is 28.1 Å². The summed E-state index contributed by atoms with van der Waals surface area (Å²) in [4.78, 5) is 18.3. The molecule has 0 fully saturated rings. The molecule has 0 saturated heterocycles. The van der Waals surface area contributed by atoms with Crippen molar-refractivity contribution in [1.82, 2.24) is 14.5 Å². The highest BCUT2D eigenvalue weighted by Gasteiger charge is 2.26. The highest BCUT2D eigenvalue weighted by Crippen LogP contribution is 2.21. The van der Waals surface area contributed by atoms with E-state index >= 15 is 0 Å². The molecular weight excluding hydrogens is 298 g/mol. The van der Waals surface area contributed by atoms with Gasteiger partial charge in [0.2, 0.25) is 0 Å². The number of hydrogen-bond acceptors (Lipinski definition) is 3. The summed E-state index contributed by atoms with van der Waals surface area (Å²) < 4.78 is 7.84.